The van der Waals surface area contributed by atoms with E-state index in [-0.39, 0.29) is 5.54 Å². The Morgan fingerprint density at radius 2 is 1.90 bits per heavy atom. The largest absolute Gasteiger partial charge is 0.340 e. The molecule has 0 amide bonds. The number of fused-ring (bicyclic) bond motifs is 1. The summed E-state index contributed by atoms with van der Waals surface area (Å²) in [6.45, 7) is 6.55. The van der Waals surface area contributed by atoms with E-state index >= 15 is 0 Å². The Morgan fingerprint density at radius 1 is 1.25 bits per heavy atom. The van der Waals surface area contributed by atoms with E-state index in [0.29, 0.717) is 0 Å². The first-order valence-electron chi connectivity index (χ1n) is 7.78. The van der Waals surface area contributed by atoms with Crippen molar-refractivity contribution < 1.29 is 0 Å². The zero-order valence-corrected chi connectivity index (χ0v) is 12.8. The number of H-pyrrole nitrogens is 1. The fourth-order valence-electron chi connectivity index (χ4n) is 3.34. The second-order valence-electron chi connectivity index (χ2n) is 6.55. The number of aromatic nitrogens is 2. The van der Waals surface area contributed by atoms with Crippen LogP contribution in [0.2, 0.25) is 0 Å². The Balaban J connectivity index is 1.94. The minimum absolute atomic E-state index is 0.257. The van der Waals surface area contributed by atoms with Crippen molar-refractivity contribution in [2.45, 2.75) is 58.4 Å². The Hall–Kier alpha value is -1.35. The third-order valence-electron chi connectivity index (χ3n) is 5.14. The second kappa shape index (κ2) is 4.88. The molecule has 1 saturated carbocycles. The van der Waals surface area contributed by atoms with Gasteiger partial charge in [0.05, 0.1) is 16.6 Å². The number of imidazole rings is 1. The fraction of sp³-hybridized carbons (Fsp3) is 0.588. The first-order valence-corrected chi connectivity index (χ1v) is 7.78. The van der Waals surface area contributed by atoms with Crippen molar-refractivity contribution in [3.8, 4) is 0 Å². The Bertz CT molecular complexity index is 579. The summed E-state index contributed by atoms with van der Waals surface area (Å²) in [7, 11) is 0. The Morgan fingerprint density at radius 3 is 2.55 bits per heavy atom. The van der Waals surface area contributed by atoms with Crippen LogP contribution in [0, 0.1) is 19.8 Å². The summed E-state index contributed by atoms with van der Waals surface area (Å²) >= 11 is 0. The molecule has 1 aliphatic carbocycles. The Labute approximate surface area is 121 Å². The highest BCUT2D eigenvalue weighted by Crippen LogP contribution is 2.38. The minimum Gasteiger partial charge on any atom is -0.340 e. The average Bonchev–Trinajstić information content (AvgIpc) is 2.84. The molecule has 0 saturated heterocycles. The van der Waals surface area contributed by atoms with E-state index in [1.165, 1.54) is 30.4 Å². The van der Waals surface area contributed by atoms with Crippen LogP contribution in [0.1, 0.15) is 56.0 Å². The predicted molar refractivity (Wildman–Crippen MR) is 83.7 cm³/mol. The molecule has 1 aromatic heterocycles. The van der Waals surface area contributed by atoms with Crippen molar-refractivity contribution in [1.29, 1.82) is 0 Å². The van der Waals surface area contributed by atoms with Crippen molar-refractivity contribution in [2.24, 2.45) is 11.7 Å². The van der Waals surface area contributed by atoms with Gasteiger partial charge in [0.1, 0.15) is 5.82 Å². The van der Waals surface area contributed by atoms with Gasteiger partial charge in [0.2, 0.25) is 0 Å². The quantitative estimate of drug-likeness (QED) is 0.869. The molecule has 108 valence electrons. The molecule has 2 aromatic rings. The third kappa shape index (κ3) is 2.24. The number of hydrogen-bond acceptors (Lipinski definition) is 2. The molecule has 0 unspecified atom stereocenters. The van der Waals surface area contributed by atoms with Crippen molar-refractivity contribution in [2.75, 3.05) is 0 Å². The van der Waals surface area contributed by atoms with E-state index in [4.69, 9.17) is 10.7 Å². The Kier molecular flexibility index (Phi) is 3.33. The molecule has 20 heavy (non-hydrogen) atoms. The molecule has 1 aliphatic rings. The standard InChI is InChI=1S/C17H25N3/c1-4-13-5-7-17(18,8-6-13)16-19-14-9-11(2)12(3)10-15(14)20-16/h9-10,13H,4-8,18H2,1-3H3,(H,19,20). The van der Waals surface area contributed by atoms with Crippen LogP contribution >= 0.6 is 0 Å². The van der Waals surface area contributed by atoms with Crippen LogP contribution in [-0.4, -0.2) is 9.97 Å². The lowest BCUT2D eigenvalue weighted by molar-refractivity contribution is 0.223. The van der Waals surface area contributed by atoms with Crippen molar-refractivity contribution in [3.63, 3.8) is 0 Å². The maximum absolute atomic E-state index is 6.64. The van der Waals surface area contributed by atoms with E-state index in [1.54, 1.807) is 0 Å². The van der Waals surface area contributed by atoms with E-state index in [2.05, 4.69) is 37.9 Å². The number of hydrogen-bond donors (Lipinski definition) is 2. The van der Waals surface area contributed by atoms with Gasteiger partial charge in [-0.05, 0) is 68.7 Å². The van der Waals surface area contributed by atoms with Crippen LogP contribution < -0.4 is 5.73 Å². The number of aryl methyl sites for hydroxylation is 2. The van der Waals surface area contributed by atoms with Gasteiger partial charge in [0.25, 0.3) is 0 Å². The molecule has 0 radical (unpaired) electrons. The molecular formula is C17H25N3. The summed E-state index contributed by atoms with van der Waals surface area (Å²) in [5.41, 5.74) is 11.1. The number of nitrogens with one attached hydrogen (secondary N) is 1. The molecule has 0 aliphatic heterocycles. The second-order valence-corrected chi connectivity index (χ2v) is 6.55. The minimum atomic E-state index is -0.257. The highest BCUT2D eigenvalue weighted by molar-refractivity contribution is 5.77. The SMILES string of the molecule is CCC1CCC(N)(c2nc3cc(C)c(C)cc3[nH]2)CC1. The van der Waals surface area contributed by atoms with E-state index < -0.39 is 0 Å². The zero-order valence-electron chi connectivity index (χ0n) is 12.8. The maximum atomic E-state index is 6.64. The smallest absolute Gasteiger partial charge is 0.127 e. The fourth-order valence-corrected chi connectivity index (χ4v) is 3.34. The summed E-state index contributed by atoms with van der Waals surface area (Å²) < 4.78 is 0. The lowest BCUT2D eigenvalue weighted by atomic mass is 9.76. The van der Waals surface area contributed by atoms with Crippen LogP contribution in [0.25, 0.3) is 11.0 Å². The zero-order chi connectivity index (χ0) is 14.3. The normalized spacial score (nSPS) is 27.1. The van der Waals surface area contributed by atoms with Crippen LogP contribution in [0.5, 0.6) is 0 Å². The number of aromatic amines is 1. The molecule has 1 aromatic carbocycles. The molecule has 0 bridgehead atoms. The first kappa shape index (κ1) is 13.6. The summed E-state index contributed by atoms with van der Waals surface area (Å²) in [5.74, 6) is 1.83. The summed E-state index contributed by atoms with van der Waals surface area (Å²) in [4.78, 5) is 8.25. The molecule has 0 spiro atoms. The number of nitrogens with zero attached hydrogens (tertiary/aromatic N) is 1. The predicted octanol–water partition coefficient (Wildman–Crippen LogP) is 3.93. The van der Waals surface area contributed by atoms with Crippen LogP contribution in [-0.2, 0) is 5.54 Å². The molecule has 3 rings (SSSR count). The highest BCUT2D eigenvalue weighted by Gasteiger charge is 2.35. The van der Waals surface area contributed by atoms with Crippen LogP contribution in [0.3, 0.4) is 0 Å². The first-order chi connectivity index (χ1) is 9.51. The average molecular weight is 271 g/mol. The van der Waals surface area contributed by atoms with Crippen LogP contribution in [0.4, 0.5) is 0 Å². The number of rotatable bonds is 2. The van der Waals surface area contributed by atoms with E-state index in [1.807, 2.05) is 0 Å². The highest BCUT2D eigenvalue weighted by atomic mass is 15.0. The molecule has 0 atom stereocenters. The molecule has 3 nitrogen and oxygen atoms in total. The van der Waals surface area contributed by atoms with Gasteiger partial charge in [0, 0.05) is 0 Å². The van der Waals surface area contributed by atoms with Gasteiger partial charge in [-0.15, -0.1) is 0 Å². The lowest BCUT2D eigenvalue weighted by Crippen LogP contribution is -2.41. The molecule has 1 heterocycles. The summed E-state index contributed by atoms with van der Waals surface area (Å²) in [5, 5.41) is 0. The molecule has 1 fully saturated rings. The van der Waals surface area contributed by atoms with Gasteiger partial charge in [-0.1, -0.05) is 13.3 Å². The van der Waals surface area contributed by atoms with E-state index in [9.17, 15) is 0 Å². The number of nitrogens with two attached hydrogens (primary N) is 1. The topological polar surface area (TPSA) is 54.7 Å². The van der Waals surface area contributed by atoms with Gasteiger partial charge < -0.3 is 10.7 Å². The maximum Gasteiger partial charge on any atom is 0.127 e. The van der Waals surface area contributed by atoms with Gasteiger partial charge >= 0.3 is 0 Å². The van der Waals surface area contributed by atoms with Crippen molar-refractivity contribution >= 4 is 11.0 Å². The molecule has 3 heteroatoms. The van der Waals surface area contributed by atoms with Gasteiger partial charge in [-0.3, -0.25) is 0 Å². The summed E-state index contributed by atoms with van der Waals surface area (Å²) in [6.07, 6.45) is 5.81. The van der Waals surface area contributed by atoms with Gasteiger partial charge in [-0.25, -0.2) is 4.98 Å². The monoisotopic (exact) mass is 271 g/mol. The summed E-state index contributed by atoms with van der Waals surface area (Å²) in [6, 6.07) is 4.34. The molecule has 3 N–H and O–H groups in total. The lowest BCUT2D eigenvalue weighted by Gasteiger charge is -2.35. The van der Waals surface area contributed by atoms with Crippen LogP contribution in [0.15, 0.2) is 12.1 Å². The van der Waals surface area contributed by atoms with E-state index in [0.717, 1.165) is 35.6 Å². The van der Waals surface area contributed by atoms with Crippen molar-refractivity contribution in [3.05, 3.63) is 29.1 Å². The number of benzene rings is 1. The molecular weight excluding hydrogens is 246 g/mol. The van der Waals surface area contributed by atoms with Crippen molar-refractivity contribution in [1.82, 2.24) is 9.97 Å². The van der Waals surface area contributed by atoms with Gasteiger partial charge in [-0.2, -0.15) is 0 Å². The third-order valence-corrected chi connectivity index (χ3v) is 5.14. The van der Waals surface area contributed by atoms with Gasteiger partial charge in [0.15, 0.2) is 0 Å².